The highest BCUT2D eigenvalue weighted by Gasteiger charge is 2.34. The van der Waals surface area contributed by atoms with Gasteiger partial charge in [-0.05, 0) is 43.0 Å². The van der Waals surface area contributed by atoms with Gasteiger partial charge in [-0.2, -0.15) is 13.2 Å². The second-order valence-electron chi connectivity index (χ2n) is 6.06. The van der Waals surface area contributed by atoms with Gasteiger partial charge in [-0.15, -0.1) is 0 Å². The smallest absolute Gasteiger partial charge is 0.372 e. The molecule has 0 atom stereocenters. The van der Waals surface area contributed by atoms with E-state index in [-0.39, 0.29) is 6.54 Å². The summed E-state index contributed by atoms with van der Waals surface area (Å²) < 4.78 is 39.8. The molecule has 0 saturated carbocycles. The van der Waals surface area contributed by atoms with Crippen molar-refractivity contribution < 1.29 is 13.2 Å². The zero-order valence-corrected chi connectivity index (χ0v) is 12.6. The predicted octanol–water partition coefficient (Wildman–Crippen LogP) is 4.05. The summed E-state index contributed by atoms with van der Waals surface area (Å²) in [5, 5.41) is 3.09. The molecule has 0 unspecified atom stereocenters. The first-order valence-corrected chi connectivity index (χ1v) is 7.53. The Morgan fingerprint density at radius 3 is 2.43 bits per heavy atom. The molecule has 0 amide bonds. The molecular weight excluding hydrogens is 277 g/mol. The van der Waals surface area contributed by atoms with Crippen molar-refractivity contribution in [1.82, 2.24) is 5.32 Å². The molecule has 1 saturated heterocycles. The van der Waals surface area contributed by atoms with E-state index >= 15 is 0 Å². The van der Waals surface area contributed by atoms with E-state index in [1.807, 2.05) is 24.8 Å². The number of halogens is 3. The first-order chi connectivity index (χ1) is 9.88. The van der Waals surface area contributed by atoms with Crippen molar-refractivity contribution in [2.24, 2.45) is 5.92 Å². The van der Waals surface area contributed by atoms with Crippen molar-refractivity contribution in [2.45, 2.75) is 39.4 Å². The minimum Gasteiger partial charge on any atom is -0.372 e. The molecule has 1 aliphatic rings. The van der Waals surface area contributed by atoms with Crippen LogP contribution in [0.5, 0.6) is 0 Å². The molecule has 0 aromatic heterocycles. The standard InChI is InChI=1S/C16H23F3N2/c1-12(2)10-20-11-13-5-6-14(21-7-3-4-8-21)9-15(13)16(17,18)19/h5-6,9,12,20H,3-4,7-8,10-11H2,1-2H3. The highest BCUT2D eigenvalue weighted by atomic mass is 19.4. The lowest BCUT2D eigenvalue weighted by Gasteiger charge is -2.21. The average Bonchev–Trinajstić information content (AvgIpc) is 2.91. The molecule has 1 fully saturated rings. The first-order valence-electron chi connectivity index (χ1n) is 7.53. The van der Waals surface area contributed by atoms with Crippen LogP contribution in [0.1, 0.15) is 37.8 Å². The molecule has 0 aliphatic carbocycles. The third kappa shape index (κ3) is 4.37. The van der Waals surface area contributed by atoms with E-state index in [2.05, 4.69) is 5.32 Å². The van der Waals surface area contributed by atoms with Crippen LogP contribution in [0.15, 0.2) is 18.2 Å². The summed E-state index contributed by atoms with van der Waals surface area (Å²) in [6.45, 7) is 6.74. The lowest BCUT2D eigenvalue weighted by Crippen LogP contribution is -2.23. The average molecular weight is 300 g/mol. The second-order valence-corrected chi connectivity index (χ2v) is 6.06. The third-order valence-corrected chi connectivity index (χ3v) is 3.74. The van der Waals surface area contributed by atoms with Crippen LogP contribution in [0.2, 0.25) is 0 Å². The summed E-state index contributed by atoms with van der Waals surface area (Å²) in [6, 6.07) is 4.73. The van der Waals surface area contributed by atoms with Crippen molar-refractivity contribution >= 4 is 5.69 Å². The molecular formula is C16H23F3N2. The largest absolute Gasteiger partial charge is 0.416 e. The van der Waals surface area contributed by atoms with E-state index in [1.165, 1.54) is 6.07 Å². The first kappa shape index (κ1) is 16.1. The van der Waals surface area contributed by atoms with Gasteiger partial charge in [0.05, 0.1) is 5.56 Å². The van der Waals surface area contributed by atoms with E-state index in [9.17, 15) is 13.2 Å². The molecule has 5 heteroatoms. The topological polar surface area (TPSA) is 15.3 Å². The van der Waals surface area contributed by atoms with Crippen LogP contribution in [-0.4, -0.2) is 19.6 Å². The van der Waals surface area contributed by atoms with Gasteiger partial charge in [-0.25, -0.2) is 0 Å². The number of nitrogens with one attached hydrogen (secondary N) is 1. The Morgan fingerprint density at radius 1 is 1.19 bits per heavy atom. The number of hydrogen-bond acceptors (Lipinski definition) is 2. The number of nitrogens with zero attached hydrogens (tertiary/aromatic N) is 1. The Labute approximate surface area is 124 Å². The molecule has 2 nitrogen and oxygen atoms in total. The zero-order valence-electron chi connectivity index (χ0n) is 12.6. The highest BCUT2D eigenvalue weighted by Crippen LogP contribution is 2.35. The number of alkyl halides is 3. The van der Waals surface area contributed by atoms with Crippen LogP contribution in [-0.2, 0) is 12.7 Å². The predicted molar refractivity (Wildman–Crippen MR) is 79.4 cm³/mol. The molecule has 1 aromatic carbocycles. The van der Waals surface area contributed by atoms with Crippen molar-refractivity contribution in [3.05, 3.63) is 29.3 Å². The normalized spacial score (nSPS) is 16.0. The third-order valence-electron chi connectivity index (χ3n) is 3.74. The van der Waals surface area contributed by atoms with Crippen molar-refractivity contribution in [2.75, 3.05) is 24.5 Å². The van der Waals surface area contributed by atoms with Crippen LogP contribution >= 0.6 is 0 Å². The molecule has 0 bridgehead atoms. The van der Waals surface area contributed by atoms with Gasteiger partial charge in [0.1, 0.15) is 0 Å². The monoisotopic (exact) mass is 300 g/mol. The summed E-state index contributed by atoms with van der Waals surface area (Å²) in [7, 11) is 0. The Morgan fingerprint density at radius 2 is 1.86 bits per heavy atom. The molecule has 1 N–H and O–H groups in total. The van der Waals surface area contributed by atoms with E-state index in [0.29, 0.717) is 23.7 Å². The Bertz CT molecular complexity index is 463. The maximum absolute atomic E-state index is 13.3. The van der Waals surface area contributed by atoms with Gasteiger partial charge in [0.15, 0.2) is 0 Å². The van der Waals surface area contributed by atoms with Gasteiger partial charge in [0.25, 0.3) is 0 Å². The molecule has 1 heterocycles. The fraction of sp³-hybridized carbons (Fsp3) is 0.625. The SMILES string of the molecule is CC(C)CNCc1ccc(N2CCCC2)cc1C(F)(F)F. The summed E-state index contributed by atoms with van der Waals surface area (Å²) in [4.78, 5) is 2.03. The molecule has 0 radical (unpaired) electrons. The van der Waals surface area contributed by atoms with E-state index in [1.54, 1.807) is 6.07 Å². The number of hydrogen-bond donors (Lipinski definition) is 1. The van der Waals surface area contributed by atoms with Crippen molar-refractivity contribution in [3.8, 4) is 0 Å². The van der Waals surface area contributed by atoms with Crippen LogP contribution in [0.25, 0.3) is 0 Å². The zero-order chi connectivity index (χ0) is 15.5. The summed E-state index contributed by atoms with van der Waals surface area (Å²) in [5.74, 6) is 0.420. The molecule has 0 spiro atoms. The lowest BCUT2D eigenvalue weighted by molar-refractivity contribution is -0.138. The maximum Gasteiger partial charge on any atom is 0.416 e. The van der Waals surface area contributed by atoms with E-state index in [0.717, 1.165) is 25.9 Å². The molecule has 21 heavy (non-hydrogen) atoms. The van der Waals surface area contributed by atoms with Crippen molar-refractivity contribution in [3.63, 3.8) is 0 Å². The minimum atomic E-state index is -4.30. The number of anilines is 1. The van der Waals surface area contributed by atoms with Gasteiger partial charge in [-0.3, -0.25) is 0 Å². The number of benzene rings is 1. The lowest BCUT2D eigenvalue weighted by atomic mass is 10.0. The van der Waals surface area contributed by atoms with Crippen LogP contribution in [0, 0.1) is 5.92 Å². The fourth-order valence-corrected chi connectivity index (χ4v) is 2.65. The summed E-state index contributed by atoms with van der Waals surface area (Å²) >= 11 is 0. The van der Waals surface area contributed by atoms with E-state index < -0.39 is 11.7 Å². The Hall–Kier alpha value is -1.23. The molecule has 118 valence electrons. The quantitative estimate of drug-likeness (QED) is 0.882. The van der Waals surface area contributed by atoms with Gasteiger partial charge >= 0.3 is 6.18 Å². The van der Waals surface area contributed by atoms with Gasteiger partial charge in [0, 0.05) is 25.3 Å². The van der Waals surface area contributed by atoms with Crippen LogP contribution < -0.4 is 10.2 Å². The van der Waals surface area contributed by atoms with Crippen molar-refractivity contribution in [1.29, 1.82) is 0 Å². The van der Waals surface area contributed by atoms with E-state index in [4.69, 9.17) is 0 Å². The second kappa shape index (κ2) is 6.69. The molecule has 2 rings (SSSR count). The van der Waals surface area contributed by atoms with Gasteiger partial charge in [-0.1, -0.05) is 19.9 Å². The Balaban J connectivity index is 2.19. The van der Waals surface area contributed by atoms with Crippen LogP contribution in [0.3, 0.4) is 0 Å². The fourth-order valence-electron chi connectivity index (χ4n) is 2.65. The van der Waals surface area contributed by atoms with Gasteiger partial charge < -0.3 is 10.2 Å². The Kier molecular flexibility index (Phi) is 5.14. The van der Waals surface area contributed by atoms with Crippen LogP contribution in [0.4, 0.5) is 18.9 Å². The van der Waals surface area contributed by atoms with Gasteiger partial charge in [0.2, 0.25) is 0 Å². The molecule has 1 aromatic rings. The summed E-state index contributed by atoms with van der Waals surface area (Å²) in [5.41, 5.74) is 0.502. The minimum absolute atomic E-state index is 0.257. The highest BCUT2D eigenvalue weighted by molar-refractivity contribution is 5.52. The number of rotatable bonds is 5. The maximum atomic E-state index is 13.3. The summed E-state index contributed by atoms with van der Waals surface area (Å²) in [6.07, 6.45) is -2.19. The molecule has 1 aliphatic heterocycles.